The van der Waals surface area contributed by atoms with Crippen LogP contribution in [0.25, 0.3) is 0 Å². The second kappa shape index (κ2) is 6.93. The molecule has 2 amide bonds. The lowest BCUT2D eigenvalue weighted by atomic mass is 9.85. The maximum absolute atomic E-state index is 12.8. The highest BCUT2D eigenvalue weighted by Crippen LogP contribution is 2.31. The van der Waals surface area contributed by atoms with Gasteiger partial charge in [-0.3, -0.25) is 9.59 Å². The van der Waals surface area contributed by atoms with E-state index in [1.54, 1.807) is 18.7 Å². The van der Waals surface area contributed by atoms with E-state index in [0.717, 1.165) is 11.3 Å². The third kappa shape index (κ3) is 3.96. The van der Waals surface area contributed by atoms with E-state index in [1.807, 2.05) is 24.3 Å². The van der Waals surface area contributed by atoms with E-state index in [-0.39, 0.29) is 17.2 Å². The van der Waals surface area contributed by atoms with Crippen LogP contribution in [0.4, 0.5) is 5.69 Å². The molecule has 0 unspecified atom stereocenters. The van der Waals surface area contributed by atoms with Gasteiger partial charge in [0.1, 0.15) is 5.41 Å². The van der Waals surface area contributed by atoms with Gasteiger partial charge in [0.15, 0.2) is 0 Å². The van der Waals surface area contributed by atoms with Crippen molar-refractivity contribution >= 4 is 17.5 Å². The van der Waals surface area contributed by atoms with E-state index in [4.69, 9.17) is 4.74 Å². The van der Waals surface area contributed by atoms with Crippen LogP contribution in [0.15, 0.2) is 24.3 Å². The Bertz CT molecular complexity index is 611. The zero-order valence-corrected chi connectivity index (χ0v) is 15.3. The maximum Gasteiger partial charge on any atom is 0.239 e. The molecule has 0 spiro atoms. The fraction of sp³-hybridized carbons (Fsp3) is 0.579. The van der Waals surface area contributed by atoms with Crippen molar-refractivity contribution in [3.63, 3.8) is 0 Å². The van der Waals surface area contributed by atoms with Crippen molar-refractivity contribution < 1.29 is 14.3 Å². The van der Waals surface area contributed by atoms with Gasteiger partial charge in [0.05, 0.1) is 13.2 Å². The van der Waals surface area contributed by atoms with Gasteiger partial charge in [0.2, 0.25) is 11.8 Å². The number of hydrogen-bond donors (Lipinski definition) is 1. The highest BCUT2D eigenvalue weighted by molar-refractivity contribution is 6.10. The maximum atomic E-state index is 12.8. The van der Waals surface area contributed by atoms with Crippen LogP contribution in [0, 0.1) is 5.41 Å². The quantitative estimate of drug-likeness (QED) is 0.866. The Hall–Kier alpha value is -1.88. The van der Waals surface area contributed by atoms with Crippen LogP contribution in [0.2, 0.25) is 0 Å². The van der Waals surface area contributed by atoms with Crippen LogP contribution in [0.3, 0.4) is 0 Å². The number of anilines is 1. The van der Waals surface area contributed by atoms with Crippen molar-refractivity contribution in [2.45, 2.75) is 40.0 Å². The standard InChI is InChI=1S/C19H28N2O3/c1-18(2,3)14-8-6-7-9-15(14)20-16(22)19(4,5)17(23)21-10-12-24-13-11-21/h6-9H,10-13H2,1-5H3,(H,20,22). The van der Waals surface area contributed by atoms with E-state index in [9.17, 15) is 9.59 Å². The van der Waals surface area contributed by atoms with Crippen LogP contribution in [-0.4, -0.2) is 43.0 Å². The van der Waals surface area contributed by atoms with Crippen LogP contribution >= 0.6 is 0 Å². The molecule has 1 N–H and O–H groups in total. The smallest absolute Gasteiger partial charge is 0.239 e. The number of nitrogens with zero attached hydrogens (tertiary/aromatic N) is 1. The average molecular weight is 332 g/mol. The Morgan fingerprint density at radius 2 is 1.62 bits per heavy atom. The summed E-state index contributed by atoms with van der Waals surface area (Å²) in [7, 11) is 0. The normalized spacial score (nSPS) is 16.0. The molecule has 1 aromatic carbocycles. The Balaban J connectivity index is 2.18. The predicted molar refractivity (Wildman–Crippen MR) is 95.0 cm³/mol. The molecule has 24 heavy (non-hydrogen) atoms. The Labute approximate surface area is 144 Å². The molecule has 1 fully saturated rings. The molecular weight excluding hydrogens is 304 g/mol. The first-order valence-electron chi connectivity index (χ1n) is 8.42. The summed E-state index contributed by atoms with van der Waals surface area (Å²) in [5.41, 5.74) is 0.593. The summed E-state index contributed by atoms with van der Waals surface area (Å²) in [5.74, 6) is -0.438. The molecule has 1 heterocycles. The molecule has 0 bridgehead atoms. The largest absolute Gasteiger partial charge is 0.378 e. The van der Waals surface area contributed by atoms with Gasteiger partial charge in [0.25, 0.3) is 0 Å². The fourth-order valence-electron chi connectivity index (χ4n) is 2.78. The Kier molecular flexibility index (Phi) is 5.33. The first-order valence-corrected chi connectivity index (χ1v) is 8.42. The average Bonchev–Trinajstić information content (AvgIpc) is 2.54. The summed E-state index contributed by atoms with van der Waals surface area (Å²) in [5, 5.41) is 2.96. The third-order valence-electron chi connectivity index (χ3n) is 4.38. The number of benzene rings is 1. The minimum Gasteiger partial charge on any atom is -0.378 e. The molecule has 0 aliphatic carbocycles. The van der Waals surface area contributed by atoms with Crippen LogP contribution in [0.1, 0.15) is 40.2 Å². The number of hydrogen-bond acceptors (Lipinski definition) is 3. The van der Waals surface area contributed by atoms with Crippen molar-refractivity contribution in [2.24, 2.45) is 5.41 Å². The van der Waals surface area contributed by atoms with Crippen molar-refractivity contribution in [2.75, 3.05) is 31.6 Å². The molecule has 5 nitrogen and oxygen atoms in total. The number of carbonyl (C=O) groups excluding carboxylic acids is 2. The molecule has 1 aliphatic rings. The van der Waals surface area contributed by atoms with Crippen LogP contribution in [0.5, 0.6) is 0 Å². The summed E-state index contributed by atoms with van der Waals surface area (Å²) < 4.78 is 5.28. The second-order valence-corrected chi connectivity index (χ2v) is 7.78. The van der Waals surface area contributed by atoms with E-state index in [1.165, 1.54) is 0 Å². The lowest BCUT2D eigenvalue weighted by Gasteiger charge is -2.34. The number of morpholine rings is 1. The first-order chi connectivity index (χ1) is 11.1. The molecule has 1 aromatic rings. The number of carbonyl (C=O) groups is 2. The SMILES string of the molecule is CC(C)(C(=O)Nc1ccccc1C(C)(C)C)C(=O)N1CCOCC1. The van der Waals surface area contributed by atoms with E-state index >= 15 is 0 Å². The van der Waals surface area contributed by atoms with Gasteiger partial charge < -0.3 is 15.0 Å². The molecule has 0 atom stereocenters. The van der Waals surface area contributed by atoms with Gasteiger partial charge in [-0.2, -0.15) is 0 Å². The number of amides is 2. The van der Waals surface area contributed by atoms with Gasteiger partial charge >= 0.3 is 0 Å². The summed E-state index contributed by atoms with van der Waals surface area (Å²) in [4.78, 5) is 27.3. The minimum absolute atomic E-state index is 0.0950. The molecule has 5 heteroatoms. The summed E-state index contributed by atoms with van der Waals surface area (Å²) >= 11 is 0. The zero-order chi connectivity index (χ0) is 18.0. The van der Waals surface area contributed by atoms with Gasteiger partial charge in [-0.15, -0.1) is 0 Å². The third-order valence-corrected chi connectivity index (χ3v) is 4.38. The molecule has 0 aromatic heterocycles. The first kappa shape index (κ1) is 18.5. The lowest BCUT2D eigenvalue weighted by molar-refractivity contribution is -0.149. The highest BCUT2D eigenvalue weighted by Gasteiger charge is 2.40. The predicted octanol–water partition coefficient (Wildman–Crippen LogP) is 2.81. The summed E-state index contributed by atoms with van der Waals surface area (Å²) in [6, 6.07) is 7.74. The van der Waals surface area contributed by atoms with Gasteiger partial charge in [-0.1, -0.05) is 39.0 Å². The zero-order valence-electron chi connectivity index (χ0n) is 15.3. The van der Waals surface area contributed by atoms with Gasteiger partial charge in [0, 0.05) is 18.8 Å². The van der Waals surface area contributed by atoms with Crippen molar-refractivity contribution in [3.05, 3.63) is 29.8 Å². The van der Waals surface area contributed by atoms with Gasteiger partial charge in [-0.25, -0.2) is 0 Å². The number of nitrogens with one attached hydrogen (secondary N) is 1. The number of para-hydroxylation sites is 1. The summed E-state index contributed by atoms with van der Waals surface area (Å²) in [6.07, 6.45) is 0. The van der Waals surface area contributed by atoms with Crippen molar-refractivity contribution in [1.29, 1.82) is 0 Å². The second-order valence-electron chi connectivity index (χ2n) is 7.78. The molecule has 1 saturated heterocycles. The number of ether oxygens (including phenoxy) is 1. The molecule has 0 radical (unpaired) electrons. The highest BCUT2D eigenvalue weighted by atomic mass is 16.5. The molecule has 2 rings (SSSR count). The molecule has 0 saturated carbocycles. The van der Waals surface area contributed by atoms with E-state index in [2.05, 4.69) is 26.1 Å². The summed E-state index contributed by atoms with van der Waals surface area (Å²) in [6.45, 7) is 11.8. The van der Waals surface area contributed by atoms with E-state index in [0.29, 0.717) is 26.3 Å². The monoisotopic (exact) mass is 332 g/mol. The minimum atomic E-state index is -1.12. The van der Waals surface area contributed by atoms with Crippen molar-refractivity contribution in [1.82, 2.24) is 4.90 Å². The molecule has 1 aliphatic heterocycles. The van der Waals surface area contributed by atoms with Gasteiger partial charge in [-0.05, 0) is 30.9 Å². The Morgan fingerprint density at radius 1 is 1.04 bits per heavy atom. The lowest BCUT2D eigenvalue weighted by Crippen LogP contribution is -2.51. The number of rotatable bonds is 3. The molecular formula is C19H28N2O3. The van der Waals surface area contributed by atoms with Crippen LogP contribution < -0.4 is 5.32 Å². The van der Waals surface area contributed by atoms with Crippen molar-refractivity contribution in [3.8, 4) is 0 Å². The fourth-order valence-corrected chi connectivity index (χ4v) is 2.78. The topological polar surface area (TPSA) is 58.6 Å². The van der Waals surface area contributed by atoms with E-state index < -0.39 is 5.41 Å². The Morgan fingerprint density at radius 3 is 2.21 bits per heavy atom. The van der Waals surface area contributed by atoms with Crippen LogP contribution in [-0.2, 0) is 19.7 Å². The molecule has 132 valence electrons.